The highest BCUT2D eigenvalue weighted by Crippen LogP contribution is 2.43. The highest BCUT2D eigenvalue weighted by atomic mass is 19.4. The summed E-state index contributed by atoms with van der Waals surface area (Å²) >= 11 is 0. The van der Waals surface area contributed by atoms with Gasteiger partial charge in [-0.15, -0.1) is 0 Å². The molecule has 0 N–H and O–H groups in total. The Balaban J connectivity index is 0.000000246. The molecule has 0 radical (unpaired) electrons. The van der Waals surface area contributed by atoms with Crippen LogP contribution in [0.5, 0.6) is 0 Å². The van der Waals surface area contributed by atoms with Gasteiger partial charge in [-0.1, -0.05) is 146 Å². The van der Waals surface area contributed by atoms with Gasteiger partial charge in [0, 0.05) is 11.6 Å². The maximum Gasteiger partial charge on any atom is 0.416 e. The van der Waals surface area contributed by atoms with E-state index in [2.05, 4.69) is 126 Å². The average Bonchev–Trinajstić information content (AvgIpc) is 0.721. The van der Waals surface area contributed by atoms with Crippen molar-refractivity contribution in [2.75, 3.05) is 0 Å². The SMILES string of the molecule is FC(F)(F)c1cc([B-](c2cc(C(F)(F)F)cc(C(F)(F)F)c2)(c2cc(C(F)(F)F)cc(C(F)(F)F)c2)c2cc(C(F)(F)F)cc(C(F)(F)F)c2)cc(C(F)(F)F)c1.c1ccc(C[n+]2ccc3ccccc3c2-c2c3ccccc3cc3ccccc23)cc1. The molecule has 10 aromatic rings. The second-order valence-electron chi connectivity index (χ2n) is 20.3. The molecule has 0 saturated carbocycles. The molecule has 0 aliphatic rings. The van der Waals surface area contributed by atoms with E-state index in [1.165, 1.54) is 49.1 Å². The van der Waals surface area contributed by atoms with Crippen molar-refractivity contribution in [2.45, 2.75) is 56.0 Å². The number of aromatic nitrogens is 1. The molecule has 0 atom stereocenters. The van der Waals surface area contributed by atoms with Crippen molar-refractivity contribution in [2.24, 2.45) is 0 Å². The Bertz CT molecular complexity index is 3750. The van der Waals surface area contributed by atoms with Gasteiger partial charge in [0.2, 0.25) is 5.69 Å². The average molecular weight is 1260 g/mol. The lowest BCUT2D eigenvalue weighted by molar-refractivity contribution is -0.676. The van der Waals surface area contributed by atoms with E-state index in [1.807, 2.05) is 0 Å². The third-order valence-corrected chi connectivity index (χ3v) is 14.6. The second kappa shape index (κ2) is 22.5. The first-order chi connectivity index (χ1) is 40.6. The van der Waals surface area contributed by atoms with Crippen molar-refractivity contribution >= 4 is 60.3 Å². The van der Waals surface area contributed by atoms with Crippen LogP contribution in [0.2, 0.25) is 0 Å². The zero-order chi connectivity index (χ0) is 64.5. The zero-order valence-corrected chi connectivity index (χ0v) is 43.8. The lowest BCUT2D eigenvalue weighted by Crippen LogP contribution is -2.75. The Hall–Kier alpha value is -8.71. The minimum atomic E-state index is -6.13. The summed E-state index contributed by atoms with van der Waals surface area (Å²) in [5, 5.41) is 7.67. The molecule has 0 saturated heterocycles. The molecular formula is C62H34BF24N. The monoisotopic (exact) mass is 1260 g/mol. The van der Waals surface area contributed by atoms with Crippen molar-refractivity contribution in [1.29, 1.82) is 0 Å². The van der Waals surface area contributed by atoms with Crippen LogP contribution in [0.3, 0.4) is 0 Å². The lowest BCUT2D eigenvalue weighted by atomic mass is 9.12. The molecule has 458 valence electrons. The van der Waals surface area contributed by atoms with E-state index >= 15 is 0 Å². The molecule has 10 rings (SSSR count). The van der Waals surface area contributed by atoms with Gasteiger partial charge in [0.05, 0.1) is 55.5 Å². The number of fused-ring (bicyclic) bond motifs is 3. The smallest absolute Gasteiger partial charge is 0.194 e. The van der Waals surface area contributed by atoms with Crippen molar-refractivity contribution < 1.29 is 110 Å². The first-order valence-corrected chi connectivity index (χ1v) is 25.4. The highest BCUT2D eigenvalue weighted by molar-refractivity contribution is 7.20. The normalized spacial score (nSPS) is 13.3. The van der Waals surface area contributed by atoms with E-state index in [0.29, 0.717) is 0 Å². The molecule has 26 heteroatoms. The number of alkyl halides is 24. The van der Waals surface area contributed by atoms with E-state index in [4.69, 9.17) is 0 Å². The Morgan fingerprint density at radius 2 is 0.523 bits per heavy atom. The Kier molecular flexibility index (Phi) is 16.3. The Labute approximate surface area is 480 Å². The van der Waals surface area contributed by atoms with Gasteiger partial charge in [-0.3, -0.25) is 0 Å². The highest BCUT2D eigenvalue weighted by Gasteiger charge is 2.47. The van der Waals surface area contributed by atoms with Gasteiger partial charge in [-0.2, -0.15) is 132 Å². The van der Waals surface area contributed by atoms with E-state index in [-0.39, 0.29) is 0 Å². The summed E-state index contributed by atoms with van der Waals surface area (Å²) in [6, 6.07) is 32.7. The Morgan fingerprint density at radius 3 is 0.818 bits per heavy atom. The fourth-order valence-electron chi connectivity index (χ4n) is 10.8. The van der Waals surface area contributed by atoms with Crippen molar-refractivity contribution in [3.63, 3.8) is 0 Å². The molecule has 0 aliphatic carbocycles. The number of rotatable bonds is 7. The fraction of sp³-hybridized carbons (Fsp3) is 0.145. The van der Waals surface area contributed by atoms with Crippen LogP contribution in [-0.4, -0.2) is 6.15 Å². The minimum Gasteiger partial charge on any atom is -0.194 e. The number of pyridine rings is 1. The lowest BCUT2D eigenvalue weighted by Gasteiger charge is -2.46. The molecule has 1 nitrogen and oxygen atoms in total. The molecule has 0 spiro atoms. The molecule has 0 fully saturated rings. The van der Waals surface area contributed by atoms with Gasteiger partial charge < -0.3 is 0 Å². The van der Waals surface area contributed by atoms with E-state index in [9.17, 15) is 105 Å². The topological polar surface area (TPSA) is 3.88 Å². The predicted molar refractivity (Wildman–Crippen MR) is 280 cm³/mol. The van der Waals surface area contributed by atoms with Crippen LogP contribution in [0, 0.1) is 0 Å². The molecule has 0 unspecified atom stereocenters. The second-order valence-corrected chi connectivity index (χ2v) is 20.3. The fourth-order valence-corrected chi connectivity index (χ4v) is 10.8. The molecule has 1 heterocycles. The summed E-state index contributed by atoms with van der Waals surface area (Å²) in [5.74, 6) is 0. The maximum atomic E-state index is 14.2. The first kappa shape index (κ1) is 63.8. The predicted octanol–water partition coefficient (Wildman–Crippen LogP) is 18.4. The first-order valence-electron chi connectivity index (χ1n) is 25.4. The number of hydrogen-bond donors (Lipinski definition) is 0. The van der Waals surface area contributed by atoms with Gasteiger partial charge in [0.15, 0.2) is 12.7 Å². The van der Waals surface area contributed by atoms with Crippen LogP contribution < -0.4 is 26.4 Å². The van der Waals surface area contributed by atoms with Gasteiger partial charge in [-0.05, 0) is 63.3 Å². The third kappa shape index (κ3) is 13.1. The summed E-state index contributed by atoms with van der Waals surface area (Å²) in [5.41, 5.74) is -26.3. The van der Waals surface area contributed by atoms with Gasteiger partial charge in [-0.25, -0.2) is 0 Å². The maximum absolute atomic E-state index is 14.2. The molecule has 0 aliphatic heterocycles. The van der Waals surface area contributed by atoms with Gasteiger partial charge in [0.1, 0.15) is 6.15 Å². The standard InChI is InChI=1S/C32H12BF24.C30H22N/c34-25(35,36)13-1-14(26(37,38)39)6-21(5-13)33(22-7-15(27(40,41)42)2-16(8-22)28(43,44)45,23-9-17(29(46,47)48)3-18(10-23)30(49,50)51)24-11-19(31(52,53)54)4-20(12-24)32(55,56)57;1-2-10-22(11-3-1)21-31-19-18-23-12-4-9-17-28(23)30(31)29-26-15-7-5-13-24(26)20-25-14-6-8-16-27(25)29/h1-12H;1-20H,21H2/q-1;+1. The molecule has 0 bridgehead atoms. The van der Waals surface area contributed by atoms with Crippen molar-refractivity contribution in [3.05, 3.63) is 244 Å². The van der Waals surface area contributed by atoms with Gasteiger partial charge >= 0.3 is 49.4 Å². The van der Waals surface area contributed by atoms with Crippen molar-refractivity contribution in [1.82, 2.24) is 0 Å². The number of hydrogen-bond acceptors (Lipinski definition) is 0. The zero-order valence-electron chi connectivity index (χ0n) is 43.8. The van der Waals surface area contributed by atoms with Crippen LogP contribution >= 0.6 is 0 Å². The summed E-state index contributed by atoms with van der Waals surface area (Å²) in [6.07, 6.45) is -52.6. The van der Waals surface area contributed by atoms with Crippen LogP contribution in [0.1, 0.15) is 50.1 Å². The van der Waals surface area contributed by atoms with E-state index < -0.39 is 195 Å². The summed E-state index contributed by atoms with van der Waals surface area (Å²) < 4.78 is 343. The molecular weight excluding hydrogens is 1230 g/mol. The summed E-state index contributed by atoms with van der Waals surface area (Å²) in [7, 11) is 0. The van der Waals surface area contributed by atoms with Crippen LogP contribution in [-0.2, 0) is 56.0 Å². The van der Waals surface area contributed by atoms with Gasteiger partial charge in [0.25, 0.3) is 0 Å². The van der Waals surface area contributed by atoms with E-state index in [0.717, 1.165) is 6.54 Å². The quantitative estimate of drug-likeness (QED) is 0.0648. The molecule has 1 aromatic heterocycles. The molecule has 88 heavy (non-hydrogen) atoms. The minimum absolute atomic E-state index is 0.691. The number of halogens is 24. The summed E-state index contributed by atoms with van der Waals surface area (Å²) in [6.45, 7) is 0.832. The molecule has 9 aromatic carbocycles. The van der Waals surface area contributed by atoms with Crippen LogP contribution in [0.15, 0.2) is 194 Å². The van der Waals surface area contributed by atoms with Crippen molar-refractivity contribution in [3.8, 4) is 11.3 Å². The summed E-state index contributed by atoms with van der Waals surface area (Å²) in [4.78, 5) is 0. The largest absolute Gasteiger partial charge is 0.416 e. The Morgan fingerprint density at radius 1 is 0.261 bits per heavy atom. The van der Waals surface area contributed by atoms with Crippen LogP contribution in [0.25, 0.3) is 43.6 Å². The van der Waals surface area contributed by atoms with E-state index in [1.54, 1.807) is 0 Å². The number of benzene rings is 9. The van der Waals surface area contributed by atoms with Crippen LogP contribution in [0.4, 0.5) is 105 Å². The number of nitrogens with zero attached hydrogens (tertiary/aromatic N) is 1. The third-order valence-electron chi connectivity index (χ3n) is 14.6. The molecule has 0 amide bonds.